The summed E-state index contributed by atoms with van der Waals surface area (Å²) >= 11 is 0. The minimum absolute atomic E-state index is 0.282. The van der Waals surface area contributed by atoms with Gasteiger partial charge in [0, 0.05) is 13.0 Å². The van der Waals surface area contributed by atoms with Gasteiger partial charge in [-0.1, -0.05) is 0 Å². The van der Waals surface area contributed by atoms with Crippen molar-refractivity contribution >= 4 is 6.21 Å². The quantitative estimate of drug-likeness (QED) is 0.264. The second-order valence-corrected chi connectivity index (χ2v) is 2.13. The van der Waals surface area contributed by atoms with E-state index >= 15 is 0 Å². The van der Waals surface area contributed by atoms with Gasteiger partial charge in [0.1, 0.15) is 7.11 Å². The highest BCUT2D eigenvalue weighted by molar-refractivity contribution is 5.50. The normalized spacial score (nSPS) is 11.7. The Balaban J connectivity index is 3.16. The van der Waals surface area contributed by atoms with Crippen LogP contribution in [0.2, 0.25) is 0 Å². The first kappa shape index (κ1) is 9.43. The number of rotatable bonds is 5. The van der Waals surface area contributed by atoms with Crippen LogP contribution in [0.1, 0.15) is 19.3 Å². The van der Waals surface area contributed by atoms with E-state index in [9.17, 15) is 0 Å². The lowest BCUT2D eigenvalue weighted by molar-refractivity contribution is -0.758. The Hall–Kier alpha value is -0.570. The van der Waals surface area contributed by atoms with Crippen molar-refractivity contribution in [2.45, 2.75) is 19.3 Å². The Kier molecular flexibility index (Phi) is 6.18. The van der Waals surface area contributed by atoms with Crippen LogP contribution in [0.15, 0.2) is 0 Å². The standard InChI is InChI=1S/C7H16NO2/c1-8(10-2)6-4-3-5-7-9/h6,9H,3-5,7H2,1-2H3/q+1. The molecule has 0 saturated heterocycles. The molecule has 0 aromatic heterocycles. The van der Waals surface area contributed by atoms with Gasteiger partial charge in [0.05, 0.1) is 0 Å². The predicted molar refractivity (Wildman–Crippen MR) is 40.2 cm³/mol. The topological polar surface area (TPSA) is 32.5 Å². The SMILES string of the molecule is CO[N+](C)=CCCCCO. The van der Waals surface area contributed by atoms with Gasteiger partial charge in [-0.05, 0) is 17.6 Å². The number of aliphatic hydroxyl groups is 1. The van der Waals surface area contributed by atoms with Crippen LogP contribution < -0.4 is 0 Å². The minimum atomic E-state index is 0.282. The van der Waals surface area contributed by atoms with Gasteiger partial charge in [-0.25, -0.2) is 0 Å². The molecule has 3 heteroatoms. The van der Waals surface area contributed by atoms with E-state index in [-0.39, 0.29) is 6.61 Å². The number of hydroxylamine groups is 1. The molecule has 0 spiro atoms. The average molecular weight is 146 g/mol. The summed E-state index contributed by atoms with van der Waals surface area (Å²) in [5, 5.41) is 8.43. The van der Waals surface area contributed by atoms with Crippen LogP contribution in [-0.2, 0) is 4.84 Å². The highest BCUT2D eigenvalue weighted by atomic mass is 16.6. The number of hydrogen-bond donors (Lipinski definition) is 1. The summed E-state index contributed by atoms with van der Waals surface area (Å²) in [6.45, 7) is 0.282. The molecule has 0 unspecified atom stereocenters. The third-order valence-electron chi connectivity index (χ3n) is 1.29. The summed E-state index contributed by atoms with van der Waals surface area (Å²) in [6, 6.07) is 0. The van der Waals surface area contributed by atoms with Crippen molar-refractivity contribution in [3.8, 4) is 0 Å². The number of nitrogens with zero attached hydrogens (tertiary/aromatic N) is 1. The van der Waals surface area contributed by atoms with E-state index in [0.717, 1.165) is 19.3 Å². The molecule has 0 atom stereocenters. The molecule has 0 aromatic carbocycles. The summed E-state index contributed by atoms with van der Waals surface area (Å²) in [5.41, 5.74) is 0. The molecule has 0 aromatic rings. The Bertz CT molecular complexity index is 102. The van der Waals surface area contributed by atoms with Crippen LogP contribution in [0.5, 0.6) is 0 Å². The molecule has 0 bridgehead atoms. The van der Waals surface area contributed by atoms with Crippen molar-refractivity contribution in [1.82, 2.24) is 0 Å². The average Bonchev–Trinajstić information content (AvgIpc) is 1.98. The molecule has 0 amide bonds. The van der Waals surface area contributed by atoms with E-state index < -0.39 is 0 Å². The van der Waals surface area contributed by atoms with Gasteiger partial charge >= 0.3 is 0 Å². The molecule has 0 saturated carbocycles. The van der Waals surface area contributed by atoms with Gasteiger partial charge in [0.2, 0.25) is 0 Å². The van der Waals surface area contributed by atoms with Crippen LogP contribution in [0.4, 0.5) is 0 Å². The first-order chi connectivity index (χ1) is 4.81. The highest BCUT2D eigenvalue weighted by Gasteiger charge is 1.90. The Morgan fingerprint density at radius 1 is 1.50 bits per heavy atom. The van der Waals surface area contributed by atoms with Crippen molar-refractivity contribution in [1.29, 1.82) is 0 Å². The van der Waals surface area contributed by atoms with Crippen LogP contribution in [-0.4, -0.2) is 36.8 Å². The molecule has 0 aliphatic carbocycles. The maximum absolute atomic E-state index is 8.43. The lowest BCUT2D eigenvalue weighted by Crippen LogP contribution is -2.04. The van der Waals surface area contributed by atoms with Gasteiger partial charge in [0.25, 0.3) is 0 Å². The fraction of sp³-hybridized carbons (Fsp3) is 0.857. The number of unbranched alkanes of at least 4 members (excludes halogenated alkanes) is 2. The Morgan fingerprint density at radius 3 is 2.70 bits per heavy atom. The monoisotopic (exact) mass is 146 g/mol. The fourth-order valence-electron chi connectivity index (χ4n) is 0.604. The van der Waals surface area contributed by atoms with E-state index in [1.165, 1.54) is 0 Å². The molecule has 1 N–H and O–H groups in total. The molecule has 0 aliphatic heterocycles. The van der Waals surface area contributed by atoms with E-state index in [1.54, 1.807) is 11.8 Å². The van der Waals surface area contributed by atoms with Crippen molar-refractivity contribution in [3.05, 3.63) is 0 Å². The van der Waals surface area contributed by atoms with E-state index in [1.807, 2.05) is 13.3 Å². The summed E-state index contributed by atoms with van der Waals surface area (Å²) in [6.07, 6.45) is 4.80. The van der Waals surface area contributed by atoms with Gasteiger partial charge in [-0.2, -0.15) is 0 Å². The fourth-order valence-corrected chi connectivity index (χ4v) is 0.604. The molecule has 0 rings (SSSR count). The van der Waals surface area contributed by atoms with Crippen molar-refractivity contribution < 1.29 is 14.7 Å². The van der Waals surface area contributed by atoms with Crippen LogP contribution >= 0.6 is 0 Å². The second kappa shape index (κ2) is 6.55. The van der Waals surface area contributed by atoms with E-state index in [2.05, 4.69) is 0 Å². The molecule has 0 heterocycles. The van der Waals surface area contributed by atoms with Gasteiger partial charge in [-0.15, -0.1) is 0 Å². The predicted octanol–water partition coefficient (Wildman–Crippen LogP) is 0.424. The second-order valence-electron chi connectivity index (χ2n) is 2.13. The van der Waals surface area contributed by atoms with Crippen LogP contribution in [0, 0.1) is 0 Å². The van der Waals surface area contributed by atoms with Gasteiger partial charge in [0.15, 0.2) is 13.3 Å². The zero-order chi connectivity index (χ0) is 7.82. The van der Waals surface area contributed by atoms with E-state index in [4.69, 9.17) is 9.94 Å². The highest BCUT2D eigenvalue weighted by Crippen LogP contribution is 1.89. The first-order valence-corrected chi connectivity index (χ1v) is 3.52. The summed E-state index contributed by atoms with van der Waals surface area (Å²) in [5.74, 6) is 0. The zero-order valence-electron chi connectivity index (χ0n) is 6.71. The Morgan fingerprint density at radius 2 is 2.20 bits per heavy atom. The molecule has 60 valence electrons. The molecule has 0 fully saturated rings. The molecule has 3 nitrogen and oxygen atoms in total. The van der Waals surface area contributed by atoms with Crippen molar-refractivity contribution in [2.75, 3.05) is 20.8 Å². The summed E-state index contributed by atoms with van der Waals surface area (Å²) in [4.78, 5) is 4.85. The minimum Gasteiger partial charge on any atom is -0.396 e. The zero-order valence-corrected chi connectivity index (χ0v) is 6.71. The lowest BCUT2D eigenvalue weighted by atomic mass is 10.2. The summed E-state index contributed by atoms with van der Waals surface area (Å²) in [7, 11) is 3.47. The molecule has 0 radical (unpaired) electrons. The van der Waals surface area contributed by atoms with Crippen molar-refractivity contribution in [3.63, 3.8) is 0 Å². The number of hydrogen-bond acceptors (Lipinski definition) is 2. The molecular formula is C7H16NO2+. The molecule has 0 aliphatic rings. The lowest BCUT2D eigenvalue weighted by Gasteiger charge is -1.91. The van der Waals surface area contributed by atoms with Crippen LogP contribution in [0.25, 0.3) is 0 Å². The molecule has 10 heavy (non-hydrogen) atoms. The van der Waals surface area contributed by atoms with E-state index in [0.29, 0.717) is 0 Å². The summed E-state index contributed by atoms with van der Waals surface area (Å²) < 4.78 is 1.66. The maximum Gasteiger partial charge on any atom is 0.192 e. The first-order valence-electron chi connectivity index (χ1n) is 3.52. The van der Waals surface area contributed by atoms with Gasteiger partial charge in [-0.3, -0.25) is 4.84 Å². The third kappa shape index (κ3) is 5.56. The van der Waals surface area contributed by atoms with Gasteiger partial charge < -0.3 is 5.11 Å². The van der Waals surface area contributed by atoms with Crippen LogP contribution in [0.3, 0.4) is 0 Å². The largest absolute Gasteiger partial charge is 0.396 e. The third-order valence-corrected chi connectivity index (χ3v) is 1.29. The number of aliphatic hydroxyl groups excluding tert-OH is 1. The smallest absolute Gasteiger partial charge is 0.192 e. The maximum atomic E-state index is 8.43. The Labute approximate surface area is 61.9 Å². The molecular weight excluding hydrogens is 130 g/mol. The van der Waals surface area contributed by atoms with Crippen molar-refractivity contribution in [2.24, 2.45) is 0 Å².